The van der Waals surface area contributed by atoms with E-state index in [9.17, 15) is 28.8 Å². The van der Waals surface area contributed by atoms with E-state index in [1.165, 1.54) is 6.92 Å². The second kappa shape index (κ2) is 16.2. The molecule has 0 radical (unpaired) electrons. The molecule has 170 valence electrons. The quantitative estimate of drug-likeness (QED) is 0.206. The lowest BCUT2D eigenvalue weighted by molar-refractivity contribution is -0.188. The molecule has 0 rings (SSSR count). The SMILES string of the molecule is CC(=O)NCCSC(=O)CCC(=O)OC(CCCOC(=O)CCC(=O)O)OC(C)=O. The van der Waals surface area contributed by atoms with Crippen molar-refractivity contribution in [2.45, 2.75) is 58.7 Å². The van der Waals surface area contributed by atoms with Crippen LogP contribution in [0.1, 0.15) is 52.4 Å². The van der Waals surface area contributed by atoms with E-state index in [1.54, 1.807) is 0 Å². The highest BCUT2D eigenvalue weighted by atomic mass is 32.2. The molecule has 0 fully saturated rings. The van der Waals surface area contributed by atoms with Gasteiger partial charge >= 0.3 is 23.9 Å². The van der Waals surface area contributed by atoms with Crippen molar-refractivity contribution < 1.29 is 48.1 Å². The van der Waals surface area contributed by atoms with Gasteiger partial charge in [0.1, 0.15) is 0 Å². The van der Waals surface area contributed by atoms with Gasteiger partial charge in [-0.3, -0.25) is 28.8 Å². The minimum absolute atomic E-state index is 0.0583. The van der Waals surface area contributed by atoms with Crippen molar-refractivity contribution in [3.63, 3.8) is 0 Å². The Morgan fingerprint density at radius 2 is 1.60 bits per heavy atom. The zero-order valence-corrected chi connectivity index (χ0v) is 17.8. The van der Waals surface area contributed by atoms with E-state index in [4.69, 9.17) is 19.3 Å². The number of thioether (sulfide) groups is 1. The summed E-state index contributed by atoms with van der Waals surface area (Å²) < 4.78 is 14.8. The molecule has 0 saturated heterocycles. The molecule has 0 aliphatic heterocycles. The second-order valence-corrected chi connectivity index (χ2v) is 7.14. The van der Waals surface area contributed by atoms with Crippen LogP contribution in [0.2, 0.25) is 0 Å². The van der Waals surface area contributed by atoms with Gasteiger partial charge in [-0.2, -0.15) is 0 Å². The first-order chi connectivity index (χ1) is 14.1. The van der Waals surface area contributed by atoms with Crippen molar-refractivity contribution in [3.8, 4) is 0 Å². The van der Waals surface area contributed by atoms with Crippen LogP contribution in [-0.2, 0) is 43.0 Å². The minimum atomic E-state index is -1.18. The number of carbonyl (C=O) groups excluding carboxylic acids is 5. The molecule has 11 nitrogen and oxygen atoms in total. The van der Waals surface area contributed by atoms with E-state index < -0.39 is 30.2 Å². The minimum Gasteiger partial charge on any atom is -0.481 e. The number of nitrogens with one attached hydrogen (secondary N) is 1. The van der Waals surface area contributed by atoms with Gasteiger partial charge in [0, 0.05) is 39.0 Å². The average molecular weight is 449 g/mol. The summed E-state index contributed by atoms with van der Waals surface area (Å²) in [5.41, 5.74) is 0. The Balaban J connectivity index is 4.16. The fraction of sp³-hybridized carbons (Fsp3) is 0.667. The van der Waals surface area contributed by atoms with Crippen LogP contribution >= 0.6 is 11.8 Å². The highest BCUT2D eigenvalue weighted by Gasteiger charge is 2.18. The van der Waals surface area contributed by atoms with Gasteiger partial charge in [0.25, 0.3) is 0 Å². The monoisotopic (exact) mass is 449 g/mol. The van der Waals surface area contributed by atoms with Crippen molar-refractivity contribution >= 4 is 46.7 Å². The van der Waals surface area contributed by atoms with Crippen molar-refractivity contribution in [3.05, 3.63) is 0 Å². The van der Waals surface area contributed by atoms with Crippen LogP contribution in [0.15, 0.2) is 0 Å². The van der Waals surface area contributed by atoms with Crippen LogP contribution in [0.5, 0.6) is 0 Å². The maximum absolute atomic E-state index is 11.9. The molecule has 1 amide bonds. The molecule has 0 aromatic carbocycles. The molecule has 12 heteroatoms. The molecule has 0 saturated carbocycles. The van der Waals surface area contributed by atoms with Crippen LogP contribution in [0.25, 0.3) is 0 Å². The van der Waals surface area contributed by atoms with Crippen molar-refractivity contribution in [2.24, 2.45) is 0 Å². The van der Waals surface area contributed by atoms with Gasteiger partial charge in [0.15, 0.2) is 5.12 Å². The highest BCUT2D eigenvalue weighted by Crippen LogP contribution is 2.11. The van der Waals surface area contributed by atoms with Crippen molar-refractivity contribution in [1.82, 2.24) is 5.32 Å². The first-order valence-electron chi connectivity index (χ1n) is 9.24. The fourth-order valence-electron chi connectivity index (χ4n) is 1.92. The molecular formula is C18H27NO10S. The number of hydrogen-bond donors (Lipinski definition) is 2. The van der Waals surface area contributed by atoms with E-state index in [1.807, 2.05) is 0 Å². The molecule has 0 aromatic heterocycles. The zero-order valence-electron chi connectivity index (χ0n) is 17.0. The molecule has 1 atom stereocenters. The third-order valence-electron chi connectivity index (χ3n) is 3.22. The molecule has 0 aromatic rings. The molecule has 0 aliphatic rings. The van der Waals surface area contributed by atoms with Gasteiger partial charge in [-0.05, 0) is 6.42 Å². The van der Waals surface area contributed by atoms with Gasteiger partial charge in [0.05, 0.1) is 25.9 Å². The highest BCUT2D eigenvalue weighted by molar-refractivity contribution is 8.13. The number of carboxylic acid groups (broad SMARTS) is 1. The molecule has 0 aliphatic carbocycles. The van der Waals surface area contributed by atoms with Crippen LogP contribution in [0, 0.1) is 0 Å². The number of amides is 1. The van der Waals surface area contributed by atoms with Crippen LogP contribution in [-0.4, -0.2) is 65.2 Å². The van der Waals surface area contributed by atoms with Gasteiger partial charge in [0.2, 0.25) is 12.2 Å². The molecule has 0 bridgehead atoms. The molecule has 2 N–H and O–H groups in total. The van der Waals surface area contributed by atoms with E-state index in [2.05, 4.69) is 5.32 Å². The van der Waals surface area contributed by atoms with Crippen molar-refractivity contribution in [1.29, 1.82) is 0 Å². The molecule has 0 heterocycles. The molecule has 30 heavy (non-hydrogen) atoms. The molecule has 0 spiro atoms. The largest absolute Gasteiger partial charge is 0.481 e. The number of carbonyl (C=O) groups is 6. The third-order valence-corrected chi connectivity index (χ3v) is 4.16. The van der Waals surface area contributed by atoms with E-state index in [0.717, 1.165) is 18.7 Å². The topological polar surface area (TPSA) is 162 Å². The standard InChI is InChI=1S/C18H27NO10S/c1-12(20)19-9-11-30-17(26)8-7-16(25)29-18(28-13(2)21)4-3-10-27-15(24)6-5-14(22)23/h18H,3-11H2,1-2H3,(H,19,20)(H,22,23). The van der Waals surface area contributed by atoms with Gasteiger partial charge < -0.3 is 24.6 Å². The maximum atomic E-state index is 11.9. The predicted molar refractivity (Wildman–Crippen MR) is 104 cm³/mol. The summed E-state index contributed by atoms with van der Waals surface area (Å²) in [4.78, 5) is 67.1. The van der Waals surface area contributed by atoms with Gasteiger partial charge in [-0.25, -0.2) is 0 Å². The first-order valence-corrected chi connectivity index (χ1v) is 10.2. The predicted octanol–water partition coefficient (Wildman–Crippen LogP) is 0.783. The Morgan fingerprint density at radius 3 is 2.20 bits per heavy atom. The average Bonchev–Trinajstić information content (AvgIpc) is 2.64. The fourth-order valence-corrected chi connectivity index (χ4v) is 2.60. The number of carboxylic acids is 1. The normalized spacial score (nSPS) is 11.1. The smallest absolute Gasteiger partial charge is 0.309 e. The summed E-state index contributed by atoms with van der Waals surface area (Å²) in [5, 5.41) is 10.8. The lowest BCUT2D eigenvalue weighted by Gasteiger charge is -2.17. The Kier molecular flexibility index (Phi) is 14.8. The first kappa shape index (κ1) is 27.4. The number of esters is 3. The lowest BCUT2D eigenvalue weighted by Crippen LogP contribution is -2.24. The number of aliphatic carboxylic acids is 1. The molecule has 1 unspecified atom stereocenters. The van der Waals surface area contributed by atoms with Crippen molar-refractivity contribution in [2.75, 3.05) is 18.9 Å². The summed E-state index contributed by atoms with van der Waals surface area (Å²) in [7, 11) is 0. The Hall–Kier alpha value is -2.63. The Bertz CT molecular complexity index is 622. The zero-order chi connectivity index (χ0) is 22.9. The Labute approximate surface area is 178 Å². The lowest BCUT2D eigenvalue weighted by atomic mass is 10.3. The van der Waals surface area contributed by atoms with E-state index in [0.29, 0.717) is 12.3 Å². The van der Waals surface area contributed by atoms with E-state index in [-0.39, 0.29) is 56.2 Å². The summed E-state index contributed by atoms with van der Waals surface area (Å²) in [6.07, 6.45) is -1.77. The summed E-state index contributed by atoms with van der Waals surface area (Å²) in [6.45, 7) is 2.79. The second-order valence-electron chi connectivity index (χ2n) is 5.99. The van der Waals surface area contributed by atoms with Gasteiger partial charge in [-0.15, -0.1) is 0 Å². The summed E-state index contributed by atoms with van der Waals surface area (Å²) in [5.74, 6) is -3.00. The van der Waals surface area contributed by atoms with Crippen LogP contribution in [0.3, 0.4) is 0 Å². The summed E-state index contributed by atoms with van der Waals surface area (Å²) in [6, 6.07) is 0. The maximum Gasteiger partial charge on any atom is 0.309 e. The van der Waals surface area contributed by atoms with E-state index >= 15 is 0 Å². The molecular weight excluding hydrogens is 422 g/mol. The number of rotatable bonds is 15. The van der Waals surface area contributed by atoms with Crippen LogP contribution < -0.4 is 5.32 Å². The third kappa shape index (κ3) is 17.5. The van der Waals surface area contributed by atoms with Gasteiger partial charge in [-0.1, -0.05) is 11.8 Å². The van der Waals surface area contributed by atoms with Crippen LogP contribution in [0.4, 0.5) is 0 Å². The summed E-state index contributed by atoms with van der Waals surface area (Å²) >= 11 is 0.983. The number of hydrogen-bond acceptors (Lipinski definition) is 10. The number of ether oxygens (including phenoxy) is 3. The Morgan fingerprint density at radius 1 is 0.933 bits per heavy atom.